The van der Waals surface area contributed by atoms with Crippen LogP contribution in [-0.4, -0.2) is 0 Å². The second-order valence-corrected chi connectivity index (χ2v) is 4.45. The maximum Gasteiger partial charge on any atom is 0.0209 e. The van der Waals surface area contributed by atoms with Crippen LogP contribution in [0.25, 0.3) is 11.1 Å². The Morgan fingerprint density at radius 2 is 1.57 bits per heavy atom. The first-order valence-corrected chi connectivity index (χ1v) is 5.58. The van der Waals surface area contributed by atoms with Crippen LogP contribution in [0, 0.1) is 16.6 Å². The van der Waals surface area contributed by atoms with Gasteiger partial charge in [0, 0.05) is 3.57 Å². The molecule has 0 spiro atoms. The lowest BCUT2D eigenvalue weighted by Gasteiger charge is -2.01. The van der Waals surface area contributed by atoms with Crippen molar-refractivity contribution in [2.75, 3.05) is 0 Å². The summed E-state index contributed by atoms with van der Waals surface area (Å²) < 4.78 is 1.15. The minimum atomic E-state index is 1.15. The Morgan fingerprint density at radius 3 is 2.14 bits per heavy atom. The summed E-state index contributed by atoms with van der Waals surface area (Å²) >= 11 is 2.27. The molecule has 2 aromatic rings. The summed E-state index contributed by atoms with van der Waals surface area (Å²) in [7, 11) is 0. The second kappa shape index (κ2) is 4.13. The fourth-order valence-corrected chi connectivity index (χ4v) is 1.67. The third-order valence-corrected chi connectivity index (χ3v) is 2.83. The molecule has 1 heteroatoms. The van der Waals surface area contributed by atoms with Crippen molar-refractivity contribution in [1.82, 2.24) is 0 Å². The summed E-state index contributed by atoms with van der Waals surface area (Å²) in [6.07, 6.45) is 0. The van der Waals surface area contributed by atoms with Crippen LogP contribution in [0.1, 0.15) is 5.56 Å². The Kier molecular flexibility index (Phi) is 2.87. The van der Waals surface area contributed by atoms with Gasteiger partial charge >= 0.3 is 0 Å². The highest BCUT2D eigenvalue weighted by atomic mass is 127. The van der Waals surface area contributed by atoms with E-state index < -0.39 is 0 Å². The summed E-state index contributed by atoms with van der Waals surface area (Å²) in [5, 5.41) is 0. The molecule has 0 amide bonds. The Labute approximate surface area is 98.1 Å². The molecule has 1 radical (unpaired) electrons. The predicted octanol–water partition coefficient (Wildman–Crippen LogP) is 4.07. The smallest absolute Gasteiger partial charge is 0.0209 e. The largest absolute Gasteiger partial charge is 0.0587 e. The molecule has 0 unspecified atom stereocenters. The molecule has 0 fully saturated rings. The highest BCUT2D eigenvalue weighted by molar-refractivity contribution is 14.1. The van der Waals surface area contributed by atoms with Crippen LogP contribution < -0.4 is 0 Å². The molecule has 0 aromatic heterocycles. The molecule has 2 rings (SSSR count). The zero-order valence-electron chi connectivity index (χ0n) is 7.92. The fraction of sp³-hybridized carbons (Fsp3) is 0.0769. The van der Waals surface area contributed by atoms with Gasteiger partial charge in [-0.2, -0.15) is 0 Å². The number of benzene rings is 2. The third-order valence-electron chi connectivity index (χ3n) is 2.16. The van der Waals surface area contributed by atoms with Crippen molar-refractivity contribution < 1.29 is 0 Å². The molecule has 14 heavy (non-hydrogen) atoms. The van der Waals surface area contributed by atoms with Crippen LogP contribution in [0.5, 0.6) is 0 Å². The van der Waals surface area contributed by atoms with Crippen molar-refractivity contribution in [3.05, 3.63) is 57.7 Å². The monoisotopic (exact) mass is 293 g/mol. The van der Waals surface area contributed by atoms with Gasteiger partial charge < -0.3 is 0 Å². The summed E-state index contributed by atoms with van der Waals surface area (Å²) in [4.78, 5) is 0. The lowest BCUT2D eigenvalue weighted by Crippen LogP contribution is -1.79. The standard InChI is InChI=1S/C13H10I/c1-10-2-4-11(5-3-10)12-6-8-13(14)9-7-12/h2-8H,1H3. The lowest BCUT2D eigenvalue weighted by atomic mass is 10.0. The molecule has 0 aliphatic carbocycles. The quantitative estimate of drug-likeness (QED) is 0.695. The average molecular weight is 293 g/mol. The third kappa shape index (κ3) is 2.15. The van der Waals surface area contributed by atoms with E-state index in [0.29, 0.717) is 0 Å². The average Bonchev–Trinajstić information content (AvgIpc) is 2.21. The number of hydrogen-bond donors (Lipinski definition) is 0. The van der Waals surface area contributed by atoms with Crippen LogP contribution in [0.15, 0.2) is 42.5 Å². The molecule has 0 N–H and O–H groups in total. The number of rotatable bonds is 1. The van der Waals surface area contributed by atoms with Gasteiger partial charge in [0.2, 0.25) is 0 Å². The Balaban J connectivity index is 2.40. The highest BCUT2D eigenvalue weighted by Crippen LogP contribution is 2.20. The minimum absolute atomic E-state index is 1.15. The van der Waals surface area contributed by atoms with Gasteiger partial charge in [0.05, 0.1) is 0 Å². The van der Waals surface area contributed by atoms with E-state index in [1.807, 2.05) is 6.07 Å². The Bertz CT molecular complexity index is 368. The molecule has 2 aromatic carbocycles. The van der Waals surface area contributed by atoms with Crippen molar-refractivity contribution in [2.45, 2.75) is 6.92 Å². The van der Waals surface area contributed by atoms with Gasteiger partial charge in [0.25, 0.3) is 0 Å². The molecule has 0 saturated carbocycles. The summed E-state index contributed by atoms with van der Waals surface area (Å²) in [6, 6.07) is 18.0. The SMILES string of the molecule is Cc1ccc(-c2c[c]c(I)cc2)cc1. The molecule has 69 valence electrons. The molecule has 0 aliphatic heterocycles. The van der Waals surface area contributed by atoms with Crippen molar-refractivity contribution >= 4 is 22.6 Å². The van der Waals surface area contributed by atoms with Crippen LogP contribution in [0.4, 0.5) is 0 Å². The van der Waals surface area contributed by atoms with Crippen molar-refractivity contribution in [2.24, 2.45) is 0 Å². The number of halogens is 1. The van der Waals surface area contributed by atoms with E-state index in [1.54, 1.807) is 0 Å². The normalized spacial score (nSPS) is 10.1. The Hall–Kier alpha value is -0.830. The summed E-state index contributed by atoms with van der Waals surface area (Å²) in [5.41, 5.74) is 3.77. The molecular formula is C13H10I. The van der Waals surface area contributed by atoms with E-state index in [4.69, 9.17) is 0 Å². The van der Waals surface area contributed by atoms with Gasteiger partial charge in [0.1, 0.15) is 0 Å². The lowest BCUT2D eigenvalue weighted by molar-refractivity contribution is 1.47. The molecule has 0 saturated heterocycles. The molecule has 0 atom stereocenters. The Morgan fingerprint density at radius 1 is 0.929 bits per heavy atom. The van der Waals surface area contributed by atoms with Crippen LogP contribution in [0.3, 0.4) is 0 Å². The van der Waals surface area contributed by atoms with E-state index >= 15 is 0 Å². The van der Waals surface area contributed by atoms with Crippen molar-refractivity contribution in [3.8, 4) is 11.1 Å². The van der Waals surface area contributed by atoms with Gasteiger partial charge in [-0.3, -0.25) is 0 Å². The first kappa shape index (κ1) is 9.71. The first-order valence-electron chi connectivity index (χ1n) is 4.50. The van der Waals surface area contributed by atoms with Crippen molar-refractivity contribution in [1.29, 1.82) is 0 Å². The molecule has 0 heterocycles. The second-order valence-electron chi connectivity index (χ2n) is 3.29. The topological polar surface area (TPSA) is 0 Å². The molecular weight excluding hydrogens is 283 g/mol. The molecule has 0 aliphatic rings. The van der Waals surface area contributed by atoms with Gasteiger partial charge in [-0.1, -0.05) is 35.9 Å². The van der Waals surface area contributed by atoms with Gasteiger partial charge in [-0.05, 0) is 58.8 Å². The van der Waals surface area contributed by atoms with Gasteiger partial charge in [-0.25, -0.2) is 0 Å². The highest BCUT2D eigenvalue weighted by Gasteiger charge is 1.96. The van der Waals surface area contributed by atoms with Crippen LogP contribution >= 0.6 is 22.6 Å². The number of aryl methyl sites for hydroxylation is 1. The van der Waals surface area contributed by atoms with Crippen LogP contribution in [0.2, 0.25) is 0 Å². The van der Waals surface area contributed by atoms with E-state index in [-0.39, 0.29) is 0 Å². The van der Waals surface area contributed by atoms with E-state index in [1.165, 1.54) is 16.7 Å². The fourth-order valence-electron chi connectivity index (χ4n) is 1.33. The maximum atomic E-state index is 3.20. The van der Waals surface area contributed by atoms with E-state index in [9.17, 15) is 0 Å². The number of hydrogen-bond acceptors (Lipinski definition) is 0. The first-order chi connectivity index (χ1) is 6.75. The molecule has 0 bridgehead atoms. The van der Waals surface area contributed by atoms with Crippen LogP contribution in [-0.2, 0) is 0 Å². The van der Waals surface area contributed by atoms with Gasteiger partial charge in [0.15, 0.2) is 0 Å². The van der Waals surface area contributed by atoms with E-state index in [0.717, 1.165) is 3.57 Å². The summed E-state index contributed by atoms with van der Waals surface area (Å²) in [5.74, 6) is 0. The zero-order chi connectivity index (χ0) is 9.97. The molecule has 0 nitrogen and oxygen atoms in total. The van der Waals surface area contributed by atoms with E-state index in [2.05, 4.69) is 72.0 Å². The van der Waals surface area contributed by atoms with Crippen molar-refractivity contribution in [3.63, 3.8) is 0 Å². The summed E-state index contributed by atoms with van der Waals surface area (Å²) in [6.45, 7) is 2.10. The predicted molar refractivity (Wildman–Crippen MR) is 68.2 cm³/mol. The zero-order valence-corrected chi connectivity index (χ0v) is 10.1. The maximum absolute atomic E-state index is 3.20. The minimum Gasteiger partial charge on any atom is -0.0587 e. The van der Waals surface area contributed by atoms with Gasteiger partial charge in [-0.15, -0.1) is 0 Å².